The number of halogens is 5. The van der Waals surface area contributed by atoms with Crippen molar-refractivity contribution in [3.63, 3.8) is 0 Å². The highest BCUT2D eigenvalue weighted by Crippen LogP contribution is 2.40. The third kappa shape index (κ3) is 3.11. The average Bonchev–Trinajstić information content (AvgIpc) is 2.49. The highest BCUT2D eigenvalue weighted by Gasteiger charge is 2.53. The van der Waals surface area contributed by atoms with Crippen molar-refractivity contribution >= 4 is 40.1 Å². The van der Waals surface area contributed by atoms with Crippen LogP contribution in [0.3, 0.4) is 0 Å². The third-order valence-electron chi connectivity index (χ3n) is 3.88. The van der Waals surface area contributed by atoms with Gasteiger partial charge in [-0.05, 0) is 39.8 Å². The minimum absolute atomic E-state index is 0.164. The van der Waals surface area contributed by atoms with Crippen LogP contribution in [0.5, 0.6) is 0 Å². The van der Waals surface area contributed by atoms with Gasteiger partial charge in [-0.2, -0.15) is 13.2 Å². The van der Waals surface area contributed by atoms with Crippen LogP contribution in [-0.4, -0.2) is 18.3 Å². The molecule has 0 spiro atoms. The summed E-state index contributed by atoms with van der Waals surface area (Å²) in [4.78, 5) is 0. The fourth-order valence-corrected chi connectivity index (χ4v) is 2.74. The van der Waals surface area contributed by atoms with E-state index in [1.807, 2.05) is 27.7 Å². The van der Waals surface area contributed by atoms with Crippen LogP contribution in [0.1, 0.15) is 33.3 Å². The van der Waals surface area contributed by atoms with E-state index in [9.17, 15) is 13.2 Å². The first-order chi connectivity index (χ1) is 9.35. The molecule has 1 aromatic rings. The lowest BCUT2D eigenvalue weighted by molar-refractivity contribution is -0.137. The number of benzene rings is 1. The van der Waals surface area contributed by atoms with Gasteiger partial charge in [-0.25, -0.2) is 0 Å². The van der Waals surface area contributed by atoms with E-state index in [2.05, 4.69) is 15.9 Å². The zero-order valence-corrected chi connectivity index (χ0v) is 14.3. The van der Waals surface area contributed by atoms with Crippen LogP contribution in [0.25, 0.3) is 0 Å². The first-order valence-corrected chi connectivity index (χ1v) is 7.44. The molecule has 0 bridgehead atoms. The minimum Gasteiger partial charge on any atom is -0.399 e. The predicted octanol–water partition coefficient (Wildman–Crippen LogP) is 4.42. The Bertz CT molecular complexity index is 559. The van der Waals surface area contributed by atoms with Crippen molar-refractivity contribution in [2.45, 2.75) is 45.1 Å². The maximum Gasteiger partial charge on any atom is 0.496 e. The Morgan fingerprint density at radius 1 is 1.10 bits per heavy atom. The first kappa shape index (κ1) is 17.1. The molecule has 1 heterocycles. The standard InChI is InChI=1S/C13H14BBrClF3O2/c1-11(2)12(3,4)21-14(20-11)9-6-7(15)5-8(10(9)16)13(17,18)19/h5-6H,1-4H3. The van der Waals surface area contributed by atoms with Gasteiger partial charge in [-0.3, -0.25) is 0 Å². The van der Waals surface area contributed by atoms with E-state index in [4.69, 9.17) is 20.9 Å². The number of hydrogen-bond donors (Lipinski definition) is 0. The first-order valence-electron chi connectivity index (χ1n) is 6.27. The number of hydrogen-bond acceptors (Lipinski definition) is 2. The van der Waals surface area contributed by atoms with Crippen molar-refractivity contribution in [2.75, 3.05) is 0 Å². The van der Waals surface area contributed by atoms with E-state index in [0.717, 1.165) is 6.07 Å². The second kappa shape index (κ2) is 5.15. The summed E-state index contributed by atoms with van der Waals surface area (Å²) < 4.78 is 50.8. The summed E-state index contributed by atoms with van der Waals surface area (Å²) in [5.41, 5.74) is -2.05. The van der Waals surface area contributed by atoms with Gasteiger partial charge in [0.15, 0.2) is 0 Å². The number of alkyl halides is 3. The molecule has 0 N–H and O–H groups in total. The van der Waals surface area contributed by atoms with Crippen LogP contribution in [0, 0.1) is 0 Å². The summed E-state index contributed by atoms with van der Waals surface area (Å²) in [5, 5.41) is -0.399. The SMILES string of the molecule is CC1(C)OB(c2cc(Br)cc(C(F)(F)F)c2Cl)OC1(C)C. The lowest BCUT2D eigenvalue weighted by atomic mass is 9.78. The molecule has 0 saturated carbocycles. The lowest BCUT2D eigenvalue weighted by Gasteiger charge is -2.32. The molecule has 0 unspecified atom stereocenters. The van der Waals surface area contributed by atoms with Gasteiger partial charge in [0, 0.05) is 9.94 Å². The van der Waals surface area contributed by atoms with Crippen LogP contribution in [0.2, 0.25) is 5.02 Å². The second-order valence-electron chi connectivity index (χ2n) is 5.94. The molecule has 1 saturated heterocycles. The molecule has 8 heteroatoms. The molecule has 0 amide bonds. The van der Waals surface area contributed by atoms with Gasteiger partial charge >= 0.3 is 13.3 Å². The quantitative estimate of drug-likeness (QED) is 0.667. The van der Waals surface area contributed by atoms with E-state index in [1.54, 1.807) is 0 Å². The van der Waals surface area contributed by atoms with Gasteiger partial charge in [-0.15, -0.1) is 0 Å². The maximum atomic E-state index is 13.0. The highest BCUT2D eigenvalue weighted by atomic mass is 79.9. The summed E-state index contributed by atoms with van der Waals surface area (Å²) in [7, 11) is -0.943. The van der Waals surface area contributed by atoms with Crippen LogP contribution in [-0.2, 0) is 15.5 Å². The molecule has 116 valence electrons. The molecule has 0 aliphatic carbocycles. The molecule has 0 atom stereocenters. The van der Waals surface area contributed by atoms with E-state index in [-0.39, 0.29) is 9.94 Å². The predicted molar refractivity (Wildman–Crippen MR) is 79.9 cm³/mol. The normalized spacial score (nSPS) is 20.9. The molecule has 0 radical (unpaired) electrons. The topological polar surface area (TPSA) is 18.5 Å². The summed E-state index contributed by atoms with van der Waals surface area (Å²) in [6.45, 7) is 7.29. The van der Waals surface area contributed by atoms with Crippen LogP contribution in [0.4, 0.5) is 13.2 Å². The van der Waals surface area contributed by atoms with Gasteiger partial charge in [0.1, 0.15) is 0 Å². The molecule has 21 heavy (non-hydrogen) atoms. The van der Waals surface area contributed by atoms with Crippen molar-refractivity contribution < 1.29 is 22.5 Å². The Balaban J connectivity index is 2.50. The lowest BCUT2D eigenvalue weighted by Crippen LogP contribution is -2.41. The second-order valence-corrected chi connectivity index (χ2v) is 7.24. The van der Waals surface area contributed by atoms with E-state index in [0.29, 0.717) is 0 Å². The Morgan fingerprint density at radius 2 is 1.57 bits per heavy atom. The van der Waals surface area contributed by atoms with Crippen LogP contribution in [0.15, 0.2) is 16.6 Å². The van der Waals surface area contributed by atoms with Crippen molar-refractivity contribution in [2.24, 2.45) is 0 Å². The monoisotopic (exact) mass is 384 g/mol. The minimum atomic E-state index is -4.54. The van der Waals surface area contributed by atoms with Crippen molar-refractivity contribution in [3.05, 3.63) is 27.2 Å². The van der Waals surface area contributed by atoms with Crippen molar-refractivity contribution in [3.8, 4) is 0 Å². The summed E-state index contributed by atoms with van der Waals surface area (Å²) in [6.07, 6.45) is -4.54. The fourth-order valence-electron chi connectivity index (χ4n) is 1.96. The Hall–Kier alpha value is -0.235. The molecular formula is C13H14BBrClF3O2. The van der Waals surface area contributed by atoms with E-state index < -0.39 is 35.1 Å². The van der Waals surface area contributed by atoms with Gasteiger partial charge in [0.2, 0.25) is 0 Å². The zero-order chi connectivity index (χ0) is 16.2. The Labute approximate surface area is 135 Å². The summed E-state index contributed by atoms with van der Waals surface area (Å²) >= 11 is 9.00. The van der Waals surface area contributed by atoms with Crippen LogP contribution >= 0.6 is 27.5 Å². The van der Waals surface area contributed by atoms with E-state index in [1.165, 1.54) is 6.07 Å². The fraction of sp³-hybridized carbons (Fsp3) is 0.538. The van der Waals surface area contributed by atoms with Crippen molar-refractivity contribution in [1.82, 2.24) is 0 Å². The molecule has 1 aromatic carbocycles. The average molecular weight is 385 g/mol. The molecule has 1 aliphatic rings. The Kier molecular flexibility index (Phi) is 4.20. The smallest absolute Gasteiger partial charge is 0.399 e. The molecular weight excluding hydrogens is 371 g/mol. The maximum absolute atomic E-state index is 13.0. The zero-order valence-electron chi connectivity index (χ0n) is 11.9. The van der Waals surface area contributed by atoms with Gasteiger partial charge < -0.3 is 9.31 Å². The van der Waals surface area contributed by atoms with Crippen molar-refractivity contribution in [1.29, 1.82) is 0 Å². The molecule has 0 aromatic heterocycles. The molecule has 1 fully saturated rings. The van der Waals surface area contributed by atoms with Gasteiger partial charge in [0.25, 0.3) is 0 Å². The third-order valence-corrected chi connectivity index (χ3v) is 4.76. The Morgan fingerprint density at radius 3 is 2.00 bits per heavy atom. The molecule has 2 rings (SSSR count). The van der Waals surface area contributed by atoms with E-state index >= 15 is 0 Å². The molecule has 2 nitrogen and oxygen atoms in total. The largest absolute Gasteiger partial charge is 0.496 e. The van der Waals surface area contributed by atoms with Gasteiger partial charge in [-0.1, -0.05) is 27.5 Å². The summed E-state index contributed by atoms with van der Waals surface area (Å²) in [6, 6.07) is 2.43. The number of rotatable bonds is 1. The van der Waals surface area contributed by atoms with Crippen LogP contribution < -0.4 is 5.46 Å². The highest BCUT2D eigenvalue weighted by molar-refractivity contribution is 9.10. The summed E-state index contributed by atoms with van der Waals surface area (Å²) in [5.74, 6) is 0. The molecule has 1 aliphatic heterocycles. The van der Waals surface area contributed by atoms with Gasteiger partial charge in [0.05, 0.1) is 21.8 Å².